The molecule has 2 heterocycles. The Kier molecular flexibility index (Phi) is 6.95. The summed E-state index contributed by atoms with van der Waals surface area (Å²) in [5, 5.41) is 14.5. The third-order valence-corrected chi connectivity index (χ3v) is 6.00. The van der Waals surface area contributed by atoms with Gasteiger partial charge in [0.05, 0.1) is 10.7 Å². The molecular weight excluding hydrogens is 432 g/mol. The number of nitrogens with one attached hydrogen (secondary N) is 3. The molecule has 1 fully saturated rings. The molecule has 1 saturated carbocycles. The van der Waals surface area contributed by atoms with Gasteiger partial charge in [0, 0.05) is 24.3 Å². The molecule has 0 atom stereocenters. The molecule has 2 aromatic heterocycles. The van der Waals surface area contributed by atoms with Crippen LogP contribution in [-0.4, -0.2) is 22.2 Å². The summed E-state index contributed by atoms with van der Waals surface area (Å²) >= 11 is 6.42. The number of halogens is 3. The molecule has 0 aliphatic heterocycles. The number of anilines is 2. The zero-order valence-corrected chi connectivity index (χ0v) is 18.2. The van der Waals surface area contributed by atoms with Crippen molar-refractivity contribution in [3.63, 3.8) is 0 Å². The van der Waals surface area contributed by atoms with Crippen LogP contribution in [0.15, 0.2) is 48.7 Å². The Balaban J connectivity index is 1.46. The monoisotopic (exact) mass is 455 g/mol. The Bertz CT molecular complexity index is 1100. The second kappa shape index (κ2) is 10.0. The largest absolute Gasteiger partial charge is 0.367 e. The number of nitrogens with zero attached hydrogens (tertiary/aromatic N) is 2. The van der Waals surface area contributed by atoms with E-state index in [-0.39, 0.29) is 0 Å². The van der Waals surface area contributed by atoms with Gasteiger partial charge >= 0.3 is 0 Å². The first kappa shape index (κ1) is 22.1. The van der Waals surface area contributed by atoms with Gasteiger partial charge in [-0.3, -0.25) is 0 Å². The van der Waals surface area contributed by atoms with Crippen LogP contribution in [-0.2, 0) is 6.54 Å². The Morgan fingerprint density at radius 3 is 2.59 bits per heavy atom. The van der Waals surface area contributed by atoms with Crippen LogP contribution < -0.4 is 10.6 Å². The summed E-state index contributed by atoms with van der Waals surface area (Å²) in [6, 6.07) is 11.6. The zero-order chi connectivity index (χ0) is 22.5. The molecule has 4 rings (SSSR count). The quantitative estimate of drug-likeness (QED) is 0.365. The second-order valence-corrected chi connectivity index (χ2v) is 8.39. The molecule has 3 aromatic rings. The van der Waals surface area contributed by atoms with Crippen LogP contribution in [0, 0.1) is 23.0 Å². The van der Waals surface area contributed by atoms with Gasteiger partial charge in [-0.05, 0) is 73.7 Å². The van der Waals surface area contributed by atoms with E-state index in [1.54, 1.807) is 18.5 Å². The second-order valence-electron chi connectivity index (χ2n) is 7.98. The van der Waals surface area contributed by atoms with Crippen molar-refractivity contribution in [2.75, 3.05) is 10.6 Å². The van der Waals surface area contributed by atoms with Gasteiger partial charge < -0.3 is 16.0 Å². The van der Waals surface area contributed by atoms with Crippen LogP contribution >= 0.6 is 11.6 Å². The van der Waals surface area contributed by atoms with E-state index in [0.717, 1.165) is 43.1 Å². The smallest absolute Gasteiger partial charge is 0.159 e. The predicted octanol–water partition coefficient (Wildman–Crippen LogP) is 6.31. The maximum Gasteiger partial charge on any atom is 0.159 e. The summed E-state index contributed by atoms with van der Waals surface area (Å²) in [7, 11) is 0. The SMILES string of the molecule is N=CC1CCC(Nc2cc(-c3cccc(NCc4ccc(F)c(F)c4)n3)c(Cl)cn2)CC1. The Hall–Kier alpha value is -3.06. The third kappa shape index (κ3) is 5.40. The number of pyridine rings is 2. The Labute approximate surface area is 190 Å². The number of hydrogen-bond acceptors (Lipinski definition) is 5. The van der Waals surface area contributed by atoms with Gasteiger partial charge in [-0.15, -0.1) is 0 Å². The van der Waals surface area contributed by atoms with Crippen LogP contribution in [0.25, 0.3) is 11.3 Å². The molecule has 0 unspecified atom stereocenters. The van der Waals surface area contributed by atoms with E-state index < -0.39 is 11.6 Å². The molecule has 0 saturated heterocycles. The van der Waals surface area contributed by atoms with E-state index in [2.05, 4.69) is 20.6 Å². The first-order chi connectivity index (χ1) is 15.5. The number of hydrogen-bond donors (Lipinski definition) is 3. The molecule has 0 spiro atoms. The summed E-state index contributed by atoms with van der Waals surface area (Å²) in [5.74, 6) is -0.0221. The van der Waals surface area contributed by atoms with Crippen LogP contribution in [0.2, 0.25) is 5.02 Å². The molecule has 1 aliphatic carbocycles. The molecule has 8 heteroatoms. The van der Waals surface area contributed by atoms with E-state index in [1.165, 1.54) is 12.1 Å². The standard InChI is InChI=1S/C24H24ClF2N5/c25-19-14-30-24(31-17-7-4-15(12-28)5-8-17)11-18(19)22-2-1-3-23(32-22)29-13-16-6-9-20(26)21(27)10-16/h1-3,6,9-12,14-15,17,28H,4-5,7-8,13H2,(H,29,32)(H,30,31). The summed E-state index contributed by atoms with van der Waals surface area (Å²) < 4.78 is 26.5. The lowest BCUT2D eigenvalue weighted by atomic mass is 9.87. The fourth-order valence-corrected chi connectivity index (χ4v) is 4.08. The van der Waals surface area contributed by atoms with Crippen molar-refractivity contribution in [3.8, 4) is 11.3 Å². The lowest BCUT2D eigenvalue weighted by Crippen LogP contribution is -2.26. The summed E-state index contributed by atoms with van der Waals surface area (Å²) in [4.78, 5) is 9.04. The molecule has 0 amide bonds. The van der Waals surface area contributed by atoms with Gasteiger partial charge in [0.2, 0.25) is 0 Å². The van der Waals surface area contributed by atoms with Gasteiger partial charge in [-0.25, -0.2) is 18.7 Å². The normalized spacial score (nSPS) is 18.2. The van der Waals surface area contributed by atoms with Crippen LogP contribution in [0.5, 0.6) is 0 Å². The molecule has 5 nitrogen and oxygen atoms in total. The van der Waals surface area contributed by atoms with Crippen LogP contribution in [0.3, 0.4) is 0 Å². The minimum Gasteiger partial charge on any atom is -0.367 e. The Morgan fingerprint density at radius 2 is 1.84 bits per heavy atom. The van der Waals surface area contributed by atoms with Crippen molar-refractivity contribution in [1.82, 2.24) is 9.97 Å². The Morgan fingerprint density at radius 1 is 1.03 bits per heavy atom. The fourth-order valence-electron chi connectivity index (χ4n) is 3.88. The van der Waals surface area contributed by atoms with E-state index >= 15 is 0 Å². The molecule has 0 bridgehead atoms. The zero-order valence-electron chi connectivity index (χ0n) is 17.4. The predicted molar refractivity (Wildman–Crippen MR) is 124 cm³/mol. The average Bonchev–Trinajstić information content (AvgIpc) is 2.82. The van der Waals surface area contributed by atoms with E-state index in [9.17, 15) is 8.78 Å². The molecule has 3 N–H and O–H groups in total. The van der Waals surface area contributed by atoms with Gasteiger partial charge in [0.25, 0.3) is 0 Å². The van der Waals surface area contributed by atoms with Crippen molar-refractivity contribution in [3.05, 3.63) is 70.9 Å². The third-order valence-electron chi connectivity index (χ3n) is 5.70. The fraction of sp³-hybridized carbons (Fsp3) is 0.292. The van der Waals surface area contributed by atoms with Crippen molar-refractivity contribution in [1.29, 1.82) is 5.41 Å². The summed E-state index contributed by atoms with van der Waals surface area (Å²) in [6.45, 7) is 0.308. The molecule has 166 valence electrons. The van der Waals surface area contributed by atoms with Crippen LogP contribution in [0.1, 0.15) is 31.2 Å². The highest BCUT2D eigenvalue weighted by Gasteiger charge is 2.20. The van der Waals surface area contributed by atoms with Gasteiger partial charge in [0.1, 0.15) is 11.6 Å². The van der Waals surface area contributed by atoms with Gasteiger partial charge in [0.15, 0.2) is 11.6 Å². The molecular formula is C24H24ClF2N5. The number of aromatic nitrogens is 2. The minimum atomic E-state index is -0.874. The van der Waals surface area contributed by atoms with Crippen molar-refractivity contribution in [2.45, 2.75) is 38.3 Å². The molecule has 1 aliphatic rings. The van der Waals surface area contributed by atoms with E-state index in [0.29, 0.717) is 40.6 Å². The average molecular weight is 456 g/mol. The maximum absolute atomic E-state index is 13.4. The molecule has 32 heavy (non-hydrogen) atoms. The van der Waals surface area contributed by atoms with Gasteiger partial charge in [-0.2, -0.15) is 0 Å². The number of benzene rings is 1. The summed E-state index contributed by atoms with van der Waals surface area (Å²) in [6.07, 6.45) is 7.19. The highest BCUT2D eigenvalue weighted by Crippen LogP contribution is 2.30. The first-order valence-electron chi connectivity index (χ1n) is 10.6. The van der Waals surface area contributed by atoms with Gasteiger partial charge in [-0.1, -0.05) is 23.7 Å². The minimum absolute atomic E-state index is 0.308. The molecule has 1 aromatic carbocycles. The molecule has 0 radical (unpaired) electrons. The number of rotatable bonds is 7. The summed E-state index contributed by atoms with van der Waals surface area (Å²) in [5.41, 5.74) is 2.05. The highest BCUT2D eigenvalue weighted by molar-refractivity contribution is 6.33. The van der Waals surface area contributed by atoms with Crippen molar-refractivity contribution < 1.29 is 8.78 Å². The lowest BCUT2D eigenvalue weighted by Gasteiger charge is -2.27. The van der Waals surface area contributed by atoms with E-state index in [1.807, 2.05) is 18.2 Å². The maximum atomic E-state index is 13.4. The van der Waals surface area contributed by atoms with Crippen molar-refractivity contribution in [2.24, 2.45) is 5.92 Å². The van der Waals surface area contributed by atoms with Crippen molar-refractivity contribution >= 4 is 29.5 Å². The van der Waals surface area contributed by atoms with Crippen LogP contribution in [0.4, 0.5) is 20.4 Å². The lowest BCUT2D eigenvalue weighted by molar-refractivity contribution is 0.411. The highest BCUT2D eigenvalue weighted by atomic mass is 35.5. The first-order valence-corrected chi connectivity index (χ1v) is 11.0. The topological polar surface area (TPSA) is 73.7 Å². The van der Waals surface area contributed by atoms with E-state index in [4.69, 9.17) is 17.0 Å².